The zero-order valence-electron chi connectivity index (χ0n) is 8.44. The topological polar surface area (TPSA) is 69.6 Å². The van der Waals surface area contributed by atoms with E-state index in [0.29, 0.717) is 12.3 Å². The molecule has 0 unspecified atom stereocenters. The molecule has 3 N–H and O–H groups in total. The second-order valence-electron chi connectivity index (χ2n) is 3.32. The van der Waals surface area contributed by atoms with E-state index in [-0.39, 0.29) is 0 Å². The minimum atomic E-state index is -0.988. The van der Waals surface area contributed by atoms with Crippen LogP contribution < -0.4 is 5.32 Å². The van der Waals surface area contributed by atoms with E-state index in [9.17, 15) is 9.90 Å². The summed E-state index contributed by atoms with van der Waals surface area (Å²) in [4.78, 5) is 10.1. The molecule has 4 nitrogen and oxygen atoms in total. The molecule has 4 heteroatoms. The summed E-state index contributed by atoms with van der Waals surface area (Å²) in [5.41, 5.74) is 0.910. The molecule has 0 heterocycles. The van der Waals surface area contributed by atoms with Gasteiger partial charge in [0, 0.05) is 6.54 Å². The first-order valence-electron chi connectivity index (χ1n) is 4.94. The molecule has 0 aliphatic carbocycles. The van der Waals surface area contributed by atoms with Crippen LogP contribution in [0.3, 0.4) is 0 Å². The summed E-state index contributed by atoms with van der Waals surface area (Å²) in [6, 6.07) is 7.19. The van der Waals surface area contributed by atoms with Crippen molar-refractivity contribution < 1.29 is 15.0 Å². The third-order valence-electron chi connectivity index (χ3n) is 2.14. The number of unbranched alkanes of at least 4 members (excludes halogenated alkanes) is 1. The Balaban J connectivity index is 2.21. The Bertz CT molecular complexity index is 325. The molecule has 1 rings (SSSR count). The molecule has 0 bridgehead atoms. The smallest absolute Gasteiger partial charge is 0.404 e. The maximum Gasteiger partial charge on any atom is 0.404 e. The van der Waals surface area contributed by atoms with Crippen molar-refractivity contribution >= 4 is 6.09 Å². The number of phenols is 1. The molecule has 15 heavy (non-hydrogen) atoms. The second-order valence-corrected chi connectivity index (χ2v) is 3.32. The van der Waals surface area contributed by atoms with Crippen molar-refractivity contribution in [3.63, 3.8) is 0 Å². The number of benzene rings is 1. The second kappa shape index (κ2) is 5.90. The van der Waals surface area contributed by atoms with Gasteiger partial charge in [-0.2, -0.15) is 0 Å². The van der Waals surface area contributed by atoms with Crippen molar-refractivity contribution in [3.8, 4) is 5.75 Å². The van der Waals surface area contributed by atoms with E-state index in [4.69, 9.17) is 5.11 Å². The van der Waals surface area contributed by atoms with Gasteiger partial charge < -0.3 is 15.5 Å². The van der Waals surface area contributed by atoms with Gasteiger partial charge >= 0.3 is 6.09 Å². The van der Waals surface area contributed by atoms with Crippen LogP contribution in [0.5, 0.6) is 5.75 Å². The zero-order chi connectivity index (χ0) is 11.1. The molecule has 1 aromatic carbocycles. The fraction of sp³-hybridized carbons (Fsp3) is 0.364. The van der Waals surface area contributed by atoms with Gasteiger partial charge in [-0.15, -0.1) is 0 Å². The molecule has 0 aliphatic heterocycles. The number of phenolic OH excluding ortho intramolecular Hbond substituents is 1. The normalized spacial score (nSPS) is 9.87. The van der Waals surface area contributed by atoms with Gasteiger partial charge in [-0.3, -0.25) is 0 Å². The minimum Gasteiger partial charge on any atom is -0.508 e. The van der Waals surface area contributed by atoms with Gasteiger partial charge in [0.25, 0.3) is 0 Å². The molecule has 0 saturated carbocycles. The first-order chi connectivity index (χ1) is 7.20. The van der Waals surface area contributed by atoms with Gasteiger partial charge in [0.2, 0.25) is 0 Å². The summed E-state index contributed by atoms with van der Waals surface area (Å²) in [6.45, 7) is 0.461. The summed E-state index contributed by atoms with van der Waals surface area (Å²) in [5, 5.41) is 20.1. The monoisotopic (exact) mass is 209 g/mol. The third-order valence-corrected chi connectivity index (χ3v) is 2.14. The van der Waals surface area contributed by atoms with Gasteiger partial charge in [-0.1, -0.05) is 18.2 Å². The fourth-order valence-corrected chi connectivity index (χ4v) is 1.36. The lowest BCUT2D eigenvalue weighted by atomic mass is 10.1. The number of nitrogens with one attached hydrogen (secondary N) is 1. The quantitative estimate of drug-likeness (QED) is 0.649. The van der Waals surface area contributed by atoms with Crippen molar-refractivity contribution in [2.24, 2.45) is 0 Å². The molecule has 0 saturated heterocycles. The predicted octanol–water partition coefficient (Wildman–Crippen LogP) is 1.98. The highest BCUT2D eigenvalue weighted by Crippen LogP contribution is 2.17. The van der Waals surface area contributed by atoms with Gasteiger partial charge in [-0.25, -0.2) is 4.79 Å². The van der Waals surface area contributed by atoms with Gasteiger partial charge in [0.1, 0.15) is 5.75 Å². The Labute approximate surface area is 88.6 Å². The van der Waals surface area contributed by atoms with Gasteiger partial charge in [0.05, 0.1) is 0 Å². The van der Waals surface area contributed by atoms with E-state index in [1.165, 1.54) is 0 Å². The molecule has 1 amide bonds. The molecule has 0 aromatic heterocycles. The number of rotatable bonds is 5. The van der Waals surface area contributed by atoms with E-state index in [2.05, 4.69) is 5.32 Å². The lowest BCUT2D eigenvalue weighted by Gasteiger charge is -2.04. The van der Waals surface area contributed by atoms with Crippen LogP contribution in [0.15, 0.2) is 24.3 Å². The largest absolute Gasteiger partial charge is 0.508 e. The highest BCUT2D eigenvalue weighted by Gasteiger charge is 1.99. The van der Waals surface area contributed by atoms with E-state index < -0.39 is 6.09 Å². The average molecular weight is 209 g/mol. The SMILES string of the molecule is O=C(O)NCCCCc1ccccc1O. The van der Waals surface area contributed by atoms with Crippen LogP contribution in [-0.2, 0) is 6.42 Å². The van der Waals surface area contributed by atoms with Crippen LogP contribution >= 0.6 is 0 Å². The summed E-state index contributed by atoms with van der Waals surface area (Å²) in [6.07, 6.45) is 1.42. The van der Waals surface area contributed by atoms with Crippen molar-refractivity contribution in [2.45, 2.75) is 19.3 Å². The van der Waals surface area contributed by atoms with Crippen LogP contribution in [0.4, 0.5) is 4.79 Å². The van der Waals surface area contributed by atoms with Crippen molar-refractivity contribution in [1.29, 1.82) is 0 Å². The molecule has 0 atom stereocenters. The number of carboxylic acid groups (broad SMARTS) is 1. The molecule has 0 aliphatic rings. The molecule has 0 spiro atoms. The van der Waals surface area contributed by atoms with Crippen molar-refractivity contribution in [3.05, 3.63) is 29.8 Å². The first-order valence-corrected chi connectivity index (χ1v) is 4.94. The maximum atomic E-state index is 10.1. The van der Waals surface area contributed by atoms with Gasteiger partial charge in [-0.05, 0) is 30.9 Å². The Morgan fingerprint density at radius 3 is 2.67 bits per heavy atom. The summed E-state index contributed by atoms with van der Waals surface area (Å²) < 4.78 is 0. The van der Waals surface area contributed by atoms with Crippen LogP contribution in [-0.4, -0.2) is 22.9 Å². The van der Waals surface area contributed by atoms with E-state index in [1.54, 1.807) is 12.1 Å². The molecular formula is C11H15NO3. The van der Waals surface area contributed by atoms with E-state index in [1.807, 2.05) is 12.1 Å². The highest BCUT2D eigenvalue weighted by molar-refractivity contribution is 5.64. The van der Waals surface area contributed by atoms with Gasteiger partial charge in [0.15, 0.2) is 0 Å². The zero-order valence-corrected chi connectivity index (χ0v) is 8.44. The molecule has 82 valence electrons. The molecular weight excluding hydrogens is 194 g/mol. The van der Waals surface area contributed by atoms with Crippen molar-refractivity contribution in [1.82, 2.24) is 5.32 Å². The summed E-state index contributed by atoms with van der Waals surface area (Å²) in [5.74, 6) is 0.309. The minimum absolute atomic E-state index is 0.309. The maximum absolute atomic E-state index is 10.1. The number of aryl methyl sites for hydroxylation is 1. The molecule has 0 fully saturated rings. The molecule has 0 radical (unpaired) electrons. The Morgan fingerprint density at radius 1 is 1.27 bits per heavy atom. The van der Waals surface area contributed by atoms with Crippen LogP contribution in [0.1, 0.15) is 18.4 Å². The average Bonchev–Trinajstić information content (AvgIpc) is 2.20. The fourth-order valence-electron chi connectivity index (χ4n) is 1.36. The van der Waals surface area contributed by atoms with Crippen LogP contribution in [0.2, 0.25) is 0 Å². The Hall–Kier alpha value is -1.71. The van der Waals surface area contributed by atoms with E-state index >= 15 is 0 Å². The van der Waals surface area contributed by atoms with Crippen LogP contribution in [0.25, 0.3) is 0 Å². The standard InChI is InChI=1S/C11H15NO3/c13-10-7-2-1-5-9(10)6-3-4-8-12-11(14)15/h1-2,5,7,12-13H,3-4,6,8H2,(H,14,15). The highest BCUT2D eigenvalue weighted by atomic mass is 16.4. The molecule has 1 aromatic rings. The number of carbonyl (C=O) groups is 1. The number of hydrogen-bond acceptors (Lipinski definition) is 2. The number of hydrogen-bond donors (Lipinski definition) is 3. The Morgan fingerprint density at radius 2 is 2.00 bits per heavy atom. The number of aromatic hydroxyl groups is 1. The lowest BCUT2D eigenvalue weighted by molar-refractivity contribution is 0.194. The third kappa shape index (κ3) is 4.35. The number of para-hydroxylation sites is 1. The summed E-state index contributed by atoms with van der Waals surface area (Å²) >= 11 is 0. The Kier molecular flexibility index (Phi) is 4.47. The first kappa shape index (κ1) is 11.4. The van der Waals surface area contributed by atoms with Crippen LogP contribution in [0, 0.1) is 0 Å². The van der Waals surface area contributed by atoms with Crippen molar-refractivity contribution in [2.75, 3.05) is 6.54 Å². The predicted molar refractivity (Wildman–Crippen MR) is 57.1 cm³/mol. The summed E-state index contributed by atoms with van der Waals surface area (Å²) in [7, 11) is 0. The number of amides is 1. The lowest BCUT2D eigenvalue weighted by Crippen LogP contribution is -2.21. The van der Waals surface area contributed by atoms with E-state index in [0.717, 1.165) is 24.8 Å².